The molecular weight excluding hydrogens is 264 g/mol. The van der Waals surface area contributed by atoms with Crippen molar-refractivity contribution >= 4 is 5.91 Å². The number of piperazine rings is 1. The summed E-state index contributed by atoms with van der Waals surface area (Å²) in [5.41, 5.74) is 1.25. The van der Waals surface area contributed by atoms with Gasteiger partial charge in [0, 0.05) is 25.2 Å². The Labute approximate surface area is 124 Å². The molecule has 0 bridgehead atoms. The molecule has 1 aromatic carbocycles. The molecule has 110 valence electrons. The number of nitrogens with one attached hydrogen (secondary N) is 1. The summed E-state index contributed by atoms with van der Waals surface area (Å²) in [6.07, 6.45) is 2.40. The average Bonchev–Trinajstić information content (AvgIpc) is 3.04. The Morgan fingerprint density at radius 2 is 2.10 bits per heavy atom. The van der Waals surface area contributed by atoms with Crippen molar-refractivity contribution in [2.24, 2.45) is 0 Å². The van der Waals surface area contributed by atoms with Gasteiger partial charge >= 0.3 is 0 Å². The van der Waals surface area contributed by atoms with Crippen LogP contribution < -0.4 is 5.32 Å². The molecule has 2 unspecified atom stereocenters. The van der Waals surface area contributed by atoms with Crippen molar-refractivity contribution in [3.05, 3.63) is 60.1 Å². The molecule has 1 amide bonds. The summed E-state index contributed by atoms with van der Waals surface area (Å²) in [6.45, 7) is 3.61. The first-order valence-electron chi connectivity index (χ1n) is 7.36. The first-order valence-corrected chi connectivity index (χ1v) is 7.36. The zero-order valence-electron chi connectivity index (χ0n) is 12.2. The van der Waals surface area contributed by atoms with Gasteiger partial charge in [0.1, 0.15) is 0 Å². The van der Waals surface area contributed by atoms with Crippen molar-refractivity contribution in [1.29, 1.82) is 0 Å². The van der Waals surface area contributed by atoms with Crippen LogP contribution >= 0.6 is 0 Å². The van der Waals surface area contributed by atoms with E-state index in [4.69, 9.17) is 4.42 Å². The van der Waals surface area contributed by atoms with Crippen molar-refractivity contribution in [3.8, 4) is 0 Å². The smallest absolute Gasteiger partial charge is 0.289 e. The van der Waals surface area contributed by atoms with E-state index in [1.807, 2.05) is 23.1 Å². The Bertz CT molecular complexity index is 580. The minimum atomic E-state index is -0.0192. The van der Waals surface area contributed by atoms with Crippen LogP contribution in [0.2, 0.25) is 0 Å². The first-order chi connectivity index (χ1) is 10.2. The van der Waals surface area contributed by atoms with E-state index in [1.54, 1.807) is 18.4 Å². The molecule has 4 nitrogen and oxygen atoms in total. The fourth-order valence-corrected chi connectivity index (χ4v) is 2.82. The van der Waals surface area contributed by atoms with E-state index >= 15 is 0 Å². The largest absolute Gasteiger partial charge is 0.459 e. The monoisotopic (exact) mass is 284 g/mol. The van der Waals surface area contributed by atoms with Gasteiger partial charge in [0.2, 0.25) is 0 Å². The van der Waals surface area contributed by atoms with Crippen molar-refractivity contribution in [1.82, 2.24) is 10.2 Å². The third-order valence-corrected chi connectivity index (χ3v) is 3.92. The summed E-state index contributed by atoms with van der Waals surface area (Å²) in [5.74, 6) is 0.399. The maximum absolute atomic E-state index is 12.6. The normalized spacial score (nSPS) is 22.2. The standard InChI is InChI=1S/C17H20N2O2/c1-13-12-19(17(20)16-8-5-9-21-16)15(11-18-13)10-14-6-3-2-4-7-14/h2-9,13,15,18H,10-12H2,1H3. The predicted octanol–water partition coefficient (Wildman–Crippen LogP) is 2.32. The lowest BCUT2D eigenvalue weighted by atomic mass is 10.0. The second kappa shape index (κ2) is 6.14. The van der Waals surface area contributed by atoms with Crippen LogP contribution in [-0.2, 0) is 6.42 Å². The van der Waals surface area contributed by atoms with E-state index < -0.39 is 0 Å². The number of amides is 1. The molecule has 0 saturated carbocycles. The van der Waals surface area contributed by atoms with E-state index in [9.17, 15) is 4.79 Å². The molecule has 3 rings (SSSR count). The molecule has 2 atom stereocenters. The van der Waals surface area contributed by atoms with Gasteiger partial charge < -0.3 is 14.6 Å². The van der Waals surface area contributed by atoms with E-state index in [1.165, 1.54) is 5.56 Å². The summed E-state index contributed by atoms with van der Waals surface area (Å²) in [7, 11) is 0. The molecule has 21 heavy (non-hydrogen) atoms. The zero-order valence-corrected chi connectivity index (χ0v) is 12.2. The highest BCUT2D eigenvalue weighted by Crippen LogP contribution is 2.17. The highest BCUT2D eigenvalue weighted by molar-refractivity contribution is 5.91. The minimum absolute atomic E-state index is 0.0192. The number of carbonyl (C=O) groups excluding carboxylic acids is 1. The summed E-state index contributed by atoms with van der Waals surface area (Å²) in [4.78, 5) is 14.5. The number of furan rings is 1. The third kappa shape index (κ3) is 3.16. The van der Waals surface area contributed by atoms with E-state index in [0.29, 0.717) is 18.3 Å². The summed E-state index contributed by atoms with van der Waals surface area (Å²) >= 11 is 0. The van der Waals surface area contributed by atoms with Gasteiger partial charge in [-0.15, -0.1) is 0 Å². The molecule has 2 aromatic rings. The lowest BCUT2D eigenvalue weighted by Gasteiger charge is -2.39. The molecule has 1 N–H and O–H groups in total. The number of hydrogen-bond donors (Lipinski definition) is 1. The summed E-state index contributed by atoms with van der Waals surface area (Å²) < 4.78 is 5.27. The van der Waals surface area contributed by atoms with Crippen LogP contribution in [0, 0.1) is 0 Å². The van der Waals surface area contributed by atoms with Crippen LogP contribution in [0.4, 0.5) is 0 Å². The van der Waals surface area contributed by atoms with Crippen LogP contribution in [0.15, 0.2) is 53.1 Å². The average molecular weight is 284 g/mol. The van der Waals surface area contributed by atoms with Gasteiger partial charge in [0.25, 0.3) is 5.91 Å². The highest BCUT2D eigenvalue weighted by Gasteiger charge is 2.31. The van der Waals surface area contributed by atoms with Crippen molar-refractivity contribution in [2.75, 3.05) is 13.1 Å². The molecule has 4 heteroatoms. The van der Waals surface area contributed by atoms with Gasteiger partial charge in [-0.05, 0) is 31.0 Å². The van der Waals surface area contributed by atoms with Crippen molar-refractivity contribution in [2.45, 2.75) is 25.4 Å². The van der Waals surface area contributed by atoms with Gasteiger partial charge in [-0.3, -0.25) is 4.79 Å². The molecule has 1 saturated heterocycles. The zero-order chi connectivity index (χ0) is 14.7. The van der Waals surface area contributed by atoms with Gasteiger partial charge in [-0.25, -0.2) is 0 Å². The lowest BCUT2D eigenvalue weighted by molar-refractivity contribution is 0.0561. The van der Waals surface area contributed by atoms with Crippen molar-refractivity contribution in [3.63, 3.8) is 0 Å². The van der Waals surface area contributed by atoms with Crippen LogP contribution in [0.3, 0.4) is 0 Å². The van der Waals surface area contributed by atoms with Gasteiger partial charge in [0.05, 0.1) is 6.26 Å². The van der Waals surface area contributed by atoms with Crippen molar-refractivity contribution < 1.29 is 9.21 Å². The fourth-order valence-electron chi connectivity index (χ4n) is 2.82. The topological polar surface area (TPSA) is 45.5 Å². The van der Waals surface area contributed by atoms with Crippen LogP contribution in [0.25, 0.3) is 0 Å². The number of hydrogen-bond acceptors (Lipinski definition) is 3. The predicted molar refractivity (Wildman–Crippen MR) is 81.1 cm³/mol. The maximum Gasteiger partial charge on any atom is 0.289 e. The van der Waals surface area contributed by atoms with Gasteiger partial charge in [0.15, 0.2) is 5.76 Å². The van der Waals surface area contributed by atoms with E-state index in [2.05, 4.69) is 24.4 Å². The summed E-state index contributed by atoms with van der Waals surface area (Å²) in [6, 6.07) is 14.2. The second-order valence-electron chi connectivity index (χ2n) is 5.59. The number of benzene rings is 1. The number of nitrogens with zero attached hydrogens (tertiary/aromatic N) is 1. The maximum atomic E-state index is 12.6. The third-order valence-electron chi connectivity index (χ3n) is 3.92. The Hall–Kier alpha value is -2.07. The van der Waals surface area contributed by atoms with Gasteiger partial charge in [-0.1, -0.05) is 30.3 Å². The van der Waals surface area contributed by atoms with Crippen LogP contribution in [-0.4, -0.2) is 36.0 Å². The molecule has 1 fully saturated rings. The lowest BCUT2D eigenvalue weighted by Crippen LogP contribution is -2.58. The van der Waals surface area contributed by atoms with Gasteiger partial charge in [-0.2, -0.15) is 0 Å². The number of carbonyl (C=O) groups is 1. The Morgan fingerprint density at radius 1 is 1.29 bits per heavy atom. The molecule has 1 aliphatic rings. The molecule has 0 spiro atoms. The first kappa shape index (κ1) is 13.9. The quantitative estimate of drug-likeness (QED) is 0.941. The SMILES string of the molecule is CC1CN(C(=O)c2ccco2)C(Cc2ccccc2)CN1. The number of rotatable bonds is 3. The minimum Gasteiger partial charge on any atom is -0.459 e. The highest BCUT2D eigenvalue weighted by atomic mass is 16.3. The molecule has 0 radical (unpaired) electrons. The van der Waals surface area contributed by atoms with Crippen LogP contribution in [0.1, 0.15) is 23.0 Å². The van der Waals surface area contributed by atoms with E-state index in [-0.39, 0.29) is 11.9 Å². The second-order valence-corrected chi connectivity index (χ2v) is 5.59. The van der Waals surface area contributed by atoms with E-state index in [0.717, 1.165) is 13.0 Å². The molecule has 0 aliphatic carbocycles. The van der Waals surface area contributed by atoms with Crippen LogP contribution in [0.5, 0.6) is 0 Å². The Balaban J connectivity index is 1.78. The molecular formula is C17H20N2O2. The summed E-state index contributed by atoms with van der Waals surface area (Å²) in [5, 5.41) is 3.46. The Morgan fingerprint density at radius 3 is 2.81 bits per heavy atom. The Kier molecular flexibility index (Phi) is 4.06. The molecule has 1 aromatic heterocycles. The fraction of sp³-hybridized carbons (Fsp3) is 0.353. The molecule has 1 aliphatic heterocycles. The molecule has 2 heterocycles.